The van der Waals surface area contributed by atoms with Crippen LogP contribution in [0.4, 0.5) is 0 Å². The largest absolute Gasteiger partial charge is 0.293 e. The summed E-state index contributed by atoms with van der Waals surface area (Å²) in [7, 11) is 1.99. The fourth-order valence-corrected chi connectivity index (χ4v) is 2.84. The Morgan fingerprint density at radius 1 is 1.33 bits per heavy atom. The lowest BCUT2D eigenvalue weighted by molar-refractivity contribution is 0.239. The van der Waals surface area contributed by atoms with Crippen molar-refractivity contribution in [1.29, 1.82) is 0 Å². The first-order valence-corrected chi connectivity index (χ1v) is 7.71. The zero-order chi connectivity index (χ0) is 14.8. The van der Waals surface area contributed by atoms with Gasteiger partial charge in [-0.05, 0) is 19.4 Å². The van der Waals surface area contributed by atoms with E-state index in [1.54, 1.807) is 0 Å². The Labute approximate surface area is 126 Å². The van der Waals surface area contributed by atoms with Crippen molar-refractivity contribution >= 4 is 0 Å². The summed E-state index contributed by atoms with van der Waals surface area (Å²) in [4.78, 5) is 11.6. The van der Waals surface area contributed by atoms with Gasteiger partial charge >= 0.3 is 0 Å². The normalized spacial score (nSPS) is 15.2. The van der Waals surface area contributed by atoms with Crippen molar-refractivity contribution in [2.24, 2.45) is 7.05 Å². The van der Waals surface area contributed by atoms with Gasteiger partial charge in [-0.1, -0.05) is 6.92 Å². The molecule has 0 atom stereocenters. The van der Waals surface area contributed by atoms with E-state index in [4.69, 9.17) is 4.98 Å². The molecule has 0 aliphatic carbocycles. The Bertz CT molecular complexity index is 612. The van der Waals surface area contributed by atoms with Crippen molar-refractivity contribution in [2.75, 3.05) is 6.54 Å². The molecular formula is C16H23N5. The molecule has 2 aromatic rings. The van der Waals surface area contributed by atoms with E-state index < -0.39 is 0 Å². The molecule has 0 bridgehead atoms. The number of aryl methyl sites for hydroxylation is 3. The van der Waals surface area contributed by atoms with E-state index in [-0.39, 0.29) is 0 Å². The first-order valence-electron chi connectivity index (χ1n) is 7.71. The third-order valence-corrected chi connectivity index (χ3v) is 4.09. The van der Waals surface area contributed by atoms with Gasteiger partial charge in [-0.2, -0.15) is 5.10 Å². The summed E-state index contributed by atoms with van der Waals surface area (Å²) in [6.07, 6.45) is 5.11. The monoisotopic (exact) mass is 285 g/mol. The molecular weight excluding hydrogens is 262 g/mol. The van der Waals surface area contributed by atoms with Crippen molar-refractivity contribution in [2.45, 2.75) is 46.2 Å². The van der Waals surface area contributed by atoms with Gasteiger partial charge in [-0.15, -0.1) is 0 Å². The number of fused-ring (bicyclic) bond motifs is 1. The van der Waals surface area contributed by atoms with Crippen LogP contribution in [0.25, 0.3) is 0 Å². The second-order valence-corrected chi connectivity index (χ2v) is 5.87. The van der Waals surface area contributed by atoms with Crippen molar-refractivity contribution in [3.63, 3.8) is 0 Å². The molecule has 1 aliphatic heterocycles. The molecule has 0 fully saturated rings. The molecule has 0 spiro atoms. The van der Waals surface area contributed by atoms with Gasteiger partial charge in [0.15, 0.2) is 0 Å². The lowest BCUT2D eigenvalue weighted by atomic mass is 10.1. The van der Waals surface area contributed by atoms with E-state index >= 15 is 0 Å². The Kier molecular flexibility index (Phi) is 4.01. The van der Waals surface area contributed by atoms with Gasteiger partial charge in [0.25, 0.3) is 0 Å². The van der Waals surface area contributed by atoms with E-state index in [2.05, 4.69) is 34.9 Å². The van der Waals surface area contributed by atoms with E-state index in [0.29, 0.717) is 0 Å². The summed E-state index contributed by atoms with van der Waals surface area (Å²) in [5.41, 5.74) is 4.85. The number of aromatic nitrogens is 4. The van der Waals surface area contributed by atoms with E-state index in [1.807, 2.05) is 17.9 Å². The van der Waals surface area contributed by atoms with Gasteiger partial charge in [0.05, 0.1) is 5.69 Å². The maximum absolute atomic E-state index is 4.71. The van der Waals surface area contributed by atoms with Gasteiger partial charge in [0.1, 0.15) is 5.82 Å². The molecule has 0 aromatic carbocycles. The molecule has 1 aliphatic rings. The van der Waals surface area contributed by atoms with Crippen molar-refractivity contribution in [3.05, 3.63) is 40.7 Å². The average Bonchev–Trinajstić information content (AvgIpc) is 2.78. The summed E-state index contributed by atoms with van der Waals surface area (Å²) in [6, 6.07) is 2.16. The second-order valence-electron chi connectivity index (χ2n) is 5.87. The number of hydrogen-bond acceptors (Lipinski definition) is 4. The van der Waals surface area contributed by atoms with E-state index in [9.17, 15) is 0 Å². The van der Waals surface area contributed by atoms with Crippen LogP contribution in [-0.2, 0) is 33.0 Å². The molecule has 5 heteroatoms. The first kappa shape index (κ1) is 14.2. The minimum atomic E-state index is 0.901. The maximum Gasteiger partial charge on any atom is 0.128 e. The molecule has 3 heterocycles. The summed E-state index contributed by atoms with van der Waals surface area (Å²) in [5, 5.41) is 4.54. The fourth-order valence-electron chi connectivity index (χ4n) is 2.84. The number of nitrogens with zero attached hydrogens (tertiary/aromatic N) is 5. The molecule has 21 heavy (non-hydrogen) atoms. The van der Waals surface area contributed by atoms with Crippen molar-refractivity contribution in [1.82, 2.24) is 24.6 Å². The zero-order valence-corrected chi connectivity index (χ0v) is 13.1. The van der Waals surface area contributed by atoms with Crippen LogP contribution in [0.15, 0.2) is 12.3 Å². The minimum absolute atomic E-state index is 0.901. The maximum atomic E-state index is 4.71. The highest BCUT2D eigenvalue weighted by molar-refractivity contribution is 5.21. The molecule has 0 radical (unpaired) electrons. The van der Waals surface area contributed by atoms with Gasteiger partial charge in [-0.3, -0.25) is 9.58 Å². The van der Waals surface area contributed by atoms with Crippen LogP contribution in [0.1, 0.15) is 41.8 Å². The lowest BCUT2D eigenvalue weighted by Gasteiger charge is -2.27. The standard InChI is InChI=1S/C16H23N5/c1-4-5-16-17-9-13-10-21(7-6-15(13)18-16)11-14-8-12(2)20(3)19-14/h8-9H,4-7,10-11H2,1-3H3. The van der Waals surface area contributed by atoms with Crippen molar-refractivity contribution < 1.29 is 0 Å². The highest BCUT2D eigenvalue weighted by Gasteiger charge is 2.19. The molecule has 2 aromatic heterocycles. The molecule has 0 amide bonds. The summed E-state index contributed by atoms with van der Waals surface area (Å²) < 4.78 is 1.94. The molecule has 0 N–H and O–H groups in total. The summed E-state index contributed by atoms with van der Waals surface area (Å²) >= 11 is 0. The van der Waals surface area contributed by atoms with Crippen LogP contribution in [0, 0.1) is 6.92 Å². The fraction of sp³-hybridized carbons (Fsp3) is 0.562. The van der Waals surface area contributed by atoms with Crippen LogP contribution >= 0.6 is 0 Å². The molecule has 3 rings (SSSR count). The molecule has 112 valence electrons. The molecule has 0 unspecified atom stereocenters. The van der Waals surface area contributed by atoms with E-state index in [1.165, 1.54) is 17.0 Å². The van der Waals surface area contributed by atoms with E-state index in [0.717, 1.165) is 50.4 Å². The highest BCUT2D eigenvalue weighted by Crippen LogP contribution is 2.18. The highest BCUT2D eigenvalue weighted by atomic mass is 15.3. The van der Waals surface area contributed by atoms with Crippen molar-refractivity contribution in [3.8, 4) is 0 Å². The second kappa shape index (κ2) is 5.93. The number of hydrogen-bond donors (Lipinski definition) is 0. The van der Waals surface area contributed by atoms with Gasteiger partial charge < -0.3 is 0 Å². The third-order valence-electron chi connectivity index (χ3n) is 4.09. The predicted molar refractivity (Wildman–Crippen MR) is 81.8 cm³/mol. The Morgan fingerprint density at radius 2 is 2.19 bits per heavy atom. The summed E-state index contributed by atoms with van der Waals surface area (Å²) in [5.74, 6) is 0.991. The number of rotatable bonds is 4. The SMILES string of the molecule is CCCc1ncc2c(n1)CCN(Cc1cc(C)n(C)n1)C2. The molecule has 0 saturated heterocycles. The zero-order valence-electron chi connectivity index (χ0n) is 13.1. The van der Waals surface area contributed by atoms with Gasteiger partial charge in [-0.25, -0.2) is 9.97 Å². The van der Waals surface area contributed by atoms with Crippen LogP contribution in [0.2, 0.25) is 0 Å². The van der Waals surface area contributed by atoms with Gasteiger partial charge in [0.2, 0.25) is 0 Å². The quantitative estimate of drug-likeness (QED) is 0.862. The van der Waals surface area contributed by atoms with Crippen LogP contribution < -0.4 is 0 Å². The summed E-state index contributed by atoms with van der Waals surface area (Å²) in [6.45, 7) is 7.13. The predicted octanol–water partition coefficient (Wildman–Crippen LogP) is 2.03. The Balaban J connectivity index is 1.69. The molecule has 5 nitrogen and oxygen atoms in total. The smallest absolute Gasteiger partial charge is 0.128 e. The first-order chi connectivity index (χ1) is 10.2. The lowest BCUT2D eigenvalue weighted by Crippen LogP contribution is -2.31. The van der Waals surface area contributed by atoms with Crippen LogP contribution in [0.5, 0.6) is 0 Å². The van der Waals surface area contributed by atoms with Crippen LogP contribution in [0.3, 0.4) is 0 Å². The minimum Gasteiger partial charge on any atom is -0.293 e. The third kappa shape index (κ3) is 3.13. The van der Waals surface area contributed by atoms with Crippen LogP contribution in [-0.4, -0.2) is 31.2 Å². The molecule has 0 saturated carbocycles. The van der Waals surface area contributed by atoms with Gasteiger partial charge in [0, 0.05) is 62.7 Å². The topological polar surface area (TPSA) is 46.8 Å². The Morgan fingerprint density at radius 3 is 2.90 bits per heavy atom. The Hall–Kier alpha value is -1.75. The average molecular weight is 285 g/mol.